The van der Waals surface area contributed by atoms with Gasteiger partial charge in [0.2, 0.25) is 5.91 Å². The fourth-order valence-electron chi connectivity index (χ4n) is 3.09. The van der Waals surface area contributed by atoms with Gasteiger partial charge in [-0.15, -0.1) is 0 Å². The van der Waals surface area contributed by atoms with Crippen LogP contribution >= 0.6 is 0 Å². The Kier molecular flexibility index (Phi) is 5.40. The zero-order valence-electron chi connectivity index (χ0n) is 15.5. The minimum absolute atomic E-state index is 0.110. The van der Waals surface area contributed by atoms with Crippen molar-refractivity contribution in [2.24, 2.45) is 5.92 Å². The molecule has 0 saturated carbocycles. The van der Waals surface area contributed by atoms with Crippen LogP contribution in [0.5, 0.6) is 0 Å². The molecule has 2 amide bonds. The number of nitrogens with one attached hydrogen (secondary N) is 1. The summed E-state index contributed by atoms with van der Waals surface area (Å²) in [6.45, 7) is 8.04. The van der Waals surface area contributed by atoms with Crippen molar-refractivity contribution in [1.82, 2.24) is 10.2 Å². The van der Waals surface area contributed by atoms with Gasteiger partial charge in [-0.05, 0) is 33.3 Å². The van der Waals surface area contributed by atoms with E-state index < -0.39 is 29.8 Å². The third-order valence-electron chi connectivity index (χ3n) is 4.67. The maximum atomic E-state index is 14.0. The summed E-state index contributed by atoms with van der Waals surface area (Å²) in [6, 6.07) is 9.36. The summed E-state index contributed by atoms with van der Waals surface area (Å²) in [5.41, 5.74) is -0.998. The minimum atomic E-state index is -1.28. The van der Waals surface area contributed by atoms with E-state index in [0.717, 1.165) is 5.56 Å². The molecule has 2 unspecified atom stereocenters. The Balaban J connectivity index is 2.20. The summed E-state index contributed by atoms with van der Waals surface area (Å²) in [5, 5.41) is 2.62. The van der Waals surface area contributed by atoms with Crippen LogP contribution < -0.4 is 5.32 Å². The van der Waals surface area contributed by atoms with Crippen LogP contribution in [0.25, 0.3) is 0 Å². The lowest BCUT2D eigenvalue weighted by Crippen LogP contribution is -2.56. The quantitative estimate of drug-likeness (QED) is 0.905. The van der Waals surface area contributed by atoms with E-state index in [1.165, 1.54) is 0 Å². The molecule has 0 aromatic heterocycles. The van der Waals surface area contributed by atoms with Crippen molar-refractivity contribution in [2.75, 3.05) is 13.2 Å². The number of alkyl halides is 1. The molecule has 0 radical (unpaired) electrons. The Morgan fingerprint density at radius 1 is 1.40 bits per heavy atom. The average molecular weight is 350 g/mol. The van der Waals surface area contributed by atoms with Crippen molar-refractivity contribution in [1.29, 1.82) is 0 Å². The van der Waals surface area contributed by atoms with Gasteiger partial charge in [0.1, 0.15) is 17.8 Å². The van der Waals surface area contributed by atoms with Gasteiger partial charge in [-0.3, -0.25) is 4.79 Å². The predicted octanol–water partition coefficient (Wildman–Crippen LogP) is 3.46. The number of likely N-dealkylation sites (tertiary alicyclic amines) is 1. The SMILES string of the molecule is CC1C(=O)N([C@H](C)c2ccccc2)CC1(CF)NC(=O)OC(C)(C)C. The molecule has 5 nitrogen and oxygen atoms in total. The summed E-state index contributed by atoms with van der Waals surface area (Å²) in [7, 11) is 0. The lowest BCUT2D eigenvalue weighted by molar-refractivity contribution is -0.132. The molecule has 0 spiro atoms. The fraction of sp³-hybridized carbons (Fsp3) is 0.579. The van der Waals surface area contributed by atoms with E-state index in [2.05, 4.69) is 5.32 Å². The Morgan fingerprint density at radius 3 is 2.52 bits per heavy atom. The zero-order valence-corrected chi connectivity index (χ0v) is 15.5. The fourth-order valence-corrected chi connectivity index (χ4v) is 3.09. The Bertz CT molecular complexity index is 629. The van der Waals surface area contributed by atoms with E-state index >= 15 is 0 Å². The van der Waals surface area contributed by atoms with Gasteiger partial charge in [-0.2, -0.15) is 0 Å². The first kappa shape index (κ1) is 19.2. The molecule has 1 N–H and O–H groups in total. The van der Waals surface area contributed by atoms with Crippen LogP contribution in [-0.2, 0) is 9.53 Å². The van der Waals surface area contributed by atoms with Crippen LogP contribution in [0, 0.1) is 5.92 Å². The van der Waals surface area contributed by atoms with Gasteiger partial charge < -0.3 is 15.0 Å². The molecule has 1 saturated heterocycles. The summed E-state index contributed by atoms with van der Waals surface area (Å²) in [5.74, 6) is -0.846. The van der Waals surface area contributed by atoms with Crippen molar-refractivity contribution in [3.63, 3.8) is 0 Å². The van der Waals surface area contributed by atoms with E-state index in [1.54, 1.807) is 32.6 Å². The lowest BCUT2D eigenvalue weighted by Gasteiger charge is -2.32. The summed E-state index contributed by atoms with van der Waals surface area (Å²) < 4.78 is 19.2. The topological polar surface area (TPSA) is 58.6 Å². The molecule has 1 aliphatic heterocycles. The number of halogens is 1. The van der Waals surface area contributed by atoms with Crippen LogP contribution in [0.1, 0.15) is 46.2 Å². The predicted molar refractivity (Wildman–Crippen MR) is 93.8 cm³/mol. The Morgan fingerprint density at radius 2 is 2.00 bits per heavy atom. The summed E-state index contributed by atoms with van der Waals surface area (Å²) >= 11 is 0. The minimum Gasteiger partial charge on any atom is -0.444 e. The third-order valence-corrected chi connectivity index (χ3v) is 4.67. The highest BCUT2D eigenvalue weighted by atomic mass is 19.1. The van der Waals surface area contributed by atoms with Crippen molar-refractivity contribution in [3.05, 3.63) is 35.9 Å². The van der Waals surface area contributed by atoms with E-state index in [0.29, 0.717) is 0 Å². The van der Waals surface area contributed by atoms with Gasteiger partial charge in [0.05, 0.1) is 12.0 Å². The summed E-state index contributed by atoms with van der Waals surface area (Å²) in [6.07, 6.45) is -0.709. The Hall–Kier alpha value is -2.11. The van der Waals surface area contributed by atoms with Crippen molar-refractivity contribution in [2.45, 2.75) is 51.8 Å². The van der Waals surface area contributed by atoms with Crippen LogP contribution in [0.2, 0.25) is 0 Å². The number of rotatable bonds is 4. The first-order valence-electron chi connectivity index (χ1n) is 8.52. The highest BCUT2D eigenvalue weighted by Crippen LogP contribution is 2.35. The molecule has 2 rings (SSSR count). The number of hydrogen-bond donors (Lipinski definition) is 1. The number of carbonyl (C=O) groups excluding carboxylic acids is 2. The molecule has 1 aromatic rings. The Labute approximate surface area is 148 Å². The third kappa shape index (κ3) is 4.11. The number of nitrogens with zero attached hydrogens (tertiary/aromatic N) is 1. The average Bonchev–Trinajstić information content (AvgIpc) is 2.79. The van der Waals surface area contributed by atoms with Crippen molar-refractivity contribution < 1.29 is 18.7 Å². The zero-order chi connectivity index (χ0) is 18.8. The number of alkyl carbamates (subject to hydrolysis) is 1. The normalized spacial score (nSPS) is 25.0. The first-order valence-corrected chi connectivity index (χ1v) is 8.52. The van der Waals surface area contributed by atoms with Crippen LogP contribution in [0.15, 0.2) is 30.3 Å². The second-order valence-electron chi connectivity index (χ2n) is 7.69. The van der Waals surface area contributed by atoms with Crippen molar-refractivity contribution >= 4 is 12.0 Å². The number of amides is 2. The molecule has 1 aromatic carbocycles. The highest BCUT2D eigenvalue weighted by Gasteiger charge is 2.52. The van der Waals surface area contributed by atoms with E-state index in [1.807, 2.05) is 37.3 Å². The van der Waals surface area contributed by atoms with Crippen LogP contribution in [0.3, 0.4) is 0 Å². The molecule has 138 valence electrons. The van der Waals surface area contributed by atoms with E-state index in [4.69, 9.17) is 4.74 Å². The molecule has 0 bridgehead atoms. The molecule has 25 heavy (non-hydrogen) atoms. The smallest absolute Gasteiger partial charge is 0.408 e. The highest BCUT2D eigenvalue weighted by molar-refractivity contribution is 5.85. The molecule has 1 aliphatic rings. The van der Waals surface area contributed by atoms with Gasteiger partial charge in [0.15, 0.2) is 0 Å². The van der Waals surface area contributed by atoms with Gasteiger partial charge in [0.25, 0.3) is 0 Å². The number of hydrogen-bond acceptors (Lipinski definition) is 3. The second-order valence-corrected chi connectivity index (χ2v) is 7.69. The molecule has 1 heterocycles. The molecular weight excluding hydrogens is 323 g/mol. The maximum absolute atomic E-state index is 14.0. The molecule has 0 aliphatic carbocycles. The van der Waals surface area contributed by atoms with E-state index in [9.17, 15) is 14.0 Å². The van der Waals surface area contributed by atoms with Crippen LogP contribution in [-0.4, -0.2) is 41.3 Å². The maximum Gasteiger partial charge on any atom is 0.408 e. The molecule has 1 fully saturated rings. The number of carbonyl (C=O) groups is 2. The van der Waals surface area contributed by atoms with Crippen LogP contribution in [0.4, 0.5) is 9.18 Å². The van der Waals surface area contributed by atoms with E-state index in [-0.39, 0.29) is 18.5 Å². The molecular formula is C19H27FN2O3. The monoisotopic (exact) mass is 350 g/mol. The van der Waals surface area contributed by atoms with Gasteiger partial charge in [0, 0.05) is 6.54 Å². The van der Waals surface area contributed by atoms with Gasteiger partial charge in [-0.1, -0.05) is 37.3 Å². The first-order chi connectivity index (χ1) is 11.6. The van der Waals surface area contributed by atoms with Gasteiger partial charge in [-0.25, -0.2) is 9.18 Å². The molecule has 6 heteroatoms. The number of benzene rings is 1. The summed E-state index contributed by atoms with van der Waals surface area (Å²) in [4.78, 5) is 26.5. The molecule has 3 atom stereocenters. The second kappa shape index (κ2) is 7.02. The lowest BCUT2D eigenvalue weighted by atomic mass is 9.89. The standard InChI is InChI=1S/C19H27FN2O3/c1-13-16(23)22(14(2)15-9-7-6-8-10-15)12-19(13,11-20)21-17(24)25-18(3,4)5/h6-10,13-14H,11-12H2,1-5H3,(H,21,24)/t13?,14-,19?/m1/s1. The largest absolute Gasteiger partial charge is 0.444 e. The van der Waals surface area contributed by atoms with Crippen molar-refractivity contribution in [3.8, 4) is 0 Å². The van der Waals surface area contributed by atoms with Gasteiger partial charge >= 0.3 is 6.09 Å². The number of ether oxygens (including phenoxy) is 1.